The predicted octanol–water partition coefficient (Wildman–Crippen LogP) is 0.845. The van der Waals surface area contributed by atoms with Crippen molar-refractivity contribution in [2.45, 2.75) is 13.0 Å². The van der Waals surface area contributed by atoms with Crippen LogP contribution < -0.4 is 4.90 Å². The highest BCUT2D eigenvalue weighted by Gasteiger charge is 2.33. The van der Waals surface area contributed by atoms with Crippen molar-refractivity contribution in [1.82, 2.24) is 14.9 Å². The highest BCUT2D eigenvalue weighted by Crippen LogP contribution is 2.19. The van der Waals surface area contributed by atoms with Gasteiger partial charge in [0.1, 0.15) is 5.82 Å². The number of amides is 2. The number of hydrogen-bond acceptors (Lipinski definition) is 5. The Labute approximate surface area is 108 Å². The van der Waals surface area contributed by atoms with Crippen molar-refractivity contribution < 1.29 is 14.7 Å². The molecule has 2 rings (SSSR count). The molecule has 2 amide bonds. The average Bonchev–Trinajstić information content (AvgIpc) is 2.31. The number of anilines is 1. The Bertz CT molecular complexity index is 496. The number of imide groups is 1. The largest absolute Gasteiger partial charge is 0.465 e. The molecule has 1 saturated heterocycles. The Hall–Kier alpha value is -1.89. The zero-order valence-electron chi connectivity index (χ0n) is 9.58. The van der Waals surface area contributed by atoms with Crippen molar-refractivity contribution in [3.63, 3.8) is 0 Å². The molecule has 1 fully saturated rings. The third-order valence-electron chi connectivity index (χ3n) is 2.72. The van der Waals surface area contributed by atoms with Gasteiger partial charge in [0.15, 0.2) is 0 Å². The SMILES string of the molecule is C[C@H]1CN(C(=O)O)C(=O)CN1c1ccnc(Cl)n1. The van der Waals surface area contributed by atoms with Crippen LogP contribution in [0.2, 0.25) is 5.28 Å². The van der Waals surface area contributed by atoms with E-state index in [1.807, 2.05) is 6.92 Å². The molecule has 0 radical (unpaired) electrons. The highest BCUT2D eigenvalue weighted by atomic mass is 35.5. The lowest BCUT2D eigenvalue weighted by atomic mass is 10.2. The summed E-state index contributed by atoms with van der Waals surface area (Å²) in [6, 6.07) is 1.47. The minimum Gasteiger partial charge on any atom is -0.465 e. The zero-order chi connectivity index (χ0) is 13.3. The van der Waals surface area contributed by atoms with E-state index in [1.165, 1.54) is 6.20 Å². The number of hydrogen-bond donors (Lipinski definition) is 1. The summed E-state index contributed by atoms with van der Waals surface area (Å²) in [4.78, 5) is 32.8. The molecule has 1 aliphatic rings. The van der Waals surface area contributed by atoms with Crippen LogP contribution in [0.25, 0.3) is 0 Å². The summed E-state index contributed by atoms with van der Waals surface area (Å²) in [6.07, 6.45) is 0.262. The quantitative estimate of drug-likeness (QED) is 0.761. The molecule has 0 saturated carbocycles. The first-order chi connectivity index (χ1) is 8.49. The lowest BCUT2D eigenvalue weighted by molar-refractivity contribution is -0.129. The molecule has 1 aliphatic heterocycles. The van der Waals surface area contributed by atoms with E-state index >= 15 is 0 Å². The second-order valence-electron chi connectivity index (χ2n) is 3.95. The lowest BCUT2D eigenvalue weighted by Gasteiger charge is -2.37. The van der Waals surface area contributed by atoms with Crippen LogP contribution in [0.1, 0.15) is 6.92 Å². The van der Waals surface area contributed by atoms with Gasteiger partial charge in [-0.3, -0.25) is 4.79 Å². The molecule has 0 unspecified atom stereocenters. The molecule has 0 aliphatic carbocycles. The predicted molar refractivity (Wildman–Crippen MR) is 63.6 cm³/mol. The number of nitrogens with zero attached hydrogens (tertiary/aromatic N) is 4. The minimum atomic E-state index is -1.23. The summed E-state index contributed by atoms with van der Waals surface area (Å²) in [7, 11) is 0. The number of aromatic nitrogens is 2. The van der Waals surface area contributed by atoms with E-state index in [-0.39, 0.29) is 24.4 Å². The molecule has 1 N–H and O–H groups in total. The summed E-state index contributed by atoms with van der Waals surface area (Å²) in [6.45, 7) is 1.88. The standard InChI is InChI=1S/C10H11ClN4O3/c1-6-4-15(10(17)18)8(16)5-14(6)7-2-3-12-9(11)13-7/h2-3,6H,4-5H2,1H3,(H,17,18)/t6-/m0/s1. The van der Waals surface area contributed by atoms with Gasteiger partial charge < -0.3 is 10.0 Å². The number of halogens is 1. The van der Waals surface area contributed by atoms with Gasteiger partial charge in [0, 0.05) is 12.2 Å². The van der Waals surface area contributed by atoms with Gasteiger partial charge in [-0.05, 0) is 24.6 Å². The topological polar surface area (TPSA) is 86.6 Å². The van der Waals surface area contributed by atoms with E-state index in [0.717, 1.165) is 4.90 Å². The summed E-state index contributed by atoms with van der Waals surface area (Å²) in [5, 5.41) is 8.96. The fourth-order valence-electron chi connectivity index (χ4n) is 1.83. The van der Waals surface area contributed by atoms with Crippen LogP contribution in [0.4, 0.5) is 10.6 Å². The first-order valence-electron chi connectivity index (χ1n) is 5.27. The van der Waals surface area contributed by atoms with E-state index in [2.05, 4.69) is 9.97 Å². The normalized spacial score (nSPS) is 20.1. The van der Waals surface area contributed by atoms with Crippen LogP contribution >= 0.6 is 11.6 Å². The van der Waals surface area contributed by atoms with E-state index in [4.69, 9.17) is 16.7 Å². The Kier molecular flexibility index (Phi) is 3.33. The third kappa shape index (κ3) is 2.35. The Morgan fingerprint density at radius 3 is 2.94 bits per heavy atom. The van der Waals surface area contributed by atoms with Gasteiger partial charge in [-0.15, -0.1) is 0 Å². The number of piperazine rings is 1. The van der Waals surface area contributed by atoms with E-state index in [1.54, 1.807) is 11.0 Å². The van der Waals surface area contributed by atoms with Crippen molar-refractivity contribution in [2.24, 2.45) is 0 Å². The van der Waals surface area contributed by atoms with Crippen molar-refractivity contribution in [2.75, 3.05) is 18.0 Å². The number of carbonyl (C=O) groups is 2. The second-order valence-corrected chi connectivity index (χ2v) is 4.29. The maximum absolute atomic E-state index is 11.7. The van der Waals surface area contributed by atoms with Crippen molar-refractivity contribution in [3.8, 4) is 0 Å². The molecule has 2 heterocycles. The van der Waals surface area contributed by atoms with Gasteiger partial charge in [0.05, 0.1) is 13.1 Å². The van der Waals surface area contributed by atoms with Crippen molar-refractivity contribution >= 4 is 29.4 Å². The van der Waals surface area contributed by atoms with Gasteiger partial charge in [0.2, 0.25) is 5.28 Å². The van der Waals surface area contributed by atoms with Gasteiger partial charge in [-0.2, -0.15) is 0 Å². The molecule has 1 aromatic rings. The molecule has 0 bridgehead atoms. The lowest BCUT2D eigenvalue weighted by Crippen LogP contribution is -2.57. The summed E-state index contributed by atoms with van der Waals surface area (Å²) in [5.41, 5.74) is 0. The monoisotopic (exact) mass is 270 g/mol. The molecule has 96 valence electrons. The van der Waals surface area contributed by atoms with Crippen LogP contribution in [-0.2, 0) is 4.79 Å². The molecular weight excluding hydrogens is 260 g/mol. The Morgan fingerprint density at radius 2 is 2.33 bits per heavy atom. The van der Waals surface area contributed by atoms with Crippen LogP contribution in [0.15, 0.2) is 12.3 Å². The second kappa shape index (κ2) is 4.77. The number of rotatable bonds is 1. The minimum absolute atomic E-state index is 0.0409. The molecule has 0 aromatic carbocycles. The van der Waals surface area contributed by atoms with Gasteiger partial charge in [-0.25, -0.2) is 19.7 Å². The molecule has 18 heavy (non-hydrogen) atoms. The summed E-state index contributed by atoms with van der Waals surface area (Å²) < 4.78 is 0. The molecule has 0 spiro atoms. The first kappa shape index (κ1) is 12.6. The first-order valence-corrected chi connectivity index (χ1v) is 5.65. The third-order valence-corrected chi connectivity index (χ3v) is 2.90. The van der Waals surface area contributed by atoms with Crippen LogP contribution in [-0.4, -0.2) is 51.1 Å². The maximum Gasteiger partial charge on any atom is 0.414 e. The van der Waals surface area contributed by atoms with Crippen LogP contribution in [0, 0.1) is 0 Å². The molecule has 7 nitrogen and oxygen atoms in total. The smallest absolute Gasteiger partial charge is 0.414 e. The summed E-state index contributed by atoms with van der Waals surface area (Å²) in [5.74, 6) is 0.0382. The van der Waals surface area contributed by atoms with Crippen LogP contribution in [0.5, 0.6) is 0 Å². The van der Waals surface area contributed by atoms with Crippen molar-refractivity contribution in [1.29, 1.82) is 0 Å². The average molecular weight is 271 g/mol. The van der Waals surface area contributed by atoms with Gasteiger partial charge in [-0.1, -0.05) is 0 Å². The number of carboxylic acid groups (broad SMARTS) is 1. The van der Waals surface area contributed by atoms with E-state index in [0.29, 0.717) is 5.82 Å². The molecular formula is C10H11ClN4O3. The van der Waals surface area contributed by atoms with E-state index in [9.17, 15) is 9.59 Å². The van der Waals surface area contributed by atoms with Crippen molar-refractivity contribution in [3.05, 3.63) is 17.5 Å². The Balaban J connectivity index is 2.22. The number of carbonyl (C=O) groups excluding carboxylic acids is 1. The molecule has 1 aromatic heterocycles. The highest BCUT2D eigenvalue weighted by molar-refractivity contribution is 6.28. The van der Waals surface area contributed by atoms with Gasteiger partial charge in [0.25, 0.3) is 5.91 Å². The molecule has 1 atom stereocenters. The van der Waals surface area contributed by atoms with E-state index < -0.39 is 12.0 Å². The Morgan fingerprint density at radius 1 is 1.61 bits per heavy atom. The van der Waals surface area contributed by atoms with Gasteiger partial charge >= 0.3 is 6.09 Å². The summed E-state index contributed by atoms with van der Waals surface area (Å²) >= 11 is 5.69. The maximum atomic E-state index is 11.7. The fraction of sp³-hybridized carbons (Fsp3) is 0.400. The molecule has 8 heteroatoms. The zero-order valence-corrected chi connectivity index (χ0v) is 10.3. The van der Waals surface area contributed by atoms with Crippen LogP contribution in [0.3, 0.4) is 0 Å². The fourth-order valence-corrected chi connectivity index (χ4v) is 1.97.